The molecule has 1 N–H and O–H groups in total. The van der Waals surface area contributed by atoms with Crippen molar-refractivity contribution in [3.8, 4) is 0 Å². The number of benzene rings is 1. The SMILES string of the molecule is Cc1ccc(F)cc1CC(O)C1CCCCCC1. The van der Waals surface area contributed by atoms with Crippen molar-refractivity contribution in [1.82, 2.24) is 0 Å². The van der Waals surface area contributed by atoms with Crippen molar-refractivity contribution in [2.24, 2.45) is 5.92 Å². The molecule has 1 nitrogen and oxygen atoms in total. The van der Waals surface area contributed by atoms with E-state index in [9.17, 15) is 9.50 Å². The van der Waals surface area contributed by atoms with Crippen molar-refractivity contribution < 1.29 is 9.50 Å². The molecule has 0 heterocycles. The summed E-state index contributed by atoms with van der Waals surface area (Å²) in [7, 11) is 0. The van der Waals surface area contributed by atoms with Gasteiger partial charge in [0.2, 0.25) is 0 Å². The van der Waals surface area contributed by atoms with Crippen LogP contribution >= 0.6 is 0 Å². The van der Waals surface area contributed by atoms with Gasteiger partial charge < -0.3 is 5.11 Å². The molecule has 1 aromatic carbocycles. The van der Waals surface area contributed by atoms with Gasteiger partial charge in [0.1, 0.15) is 5.82 Å². The van der Waals surface area contributed by atoms with Gasteiger partial charge in [-0.2, -0.15) is 0 Å². The highest BCUT2D eigenvalue weighted by Crippen LogP contribution is 2.27. The fraction of sp³-hybridized carbons (Fsp3) is 0.625. The Morgan fingerprint density at radius 2 is 1.89 bits per heavy atom. The summed E-state index contributed by atoms with van der Waals surface area (Å²) in [5, 5.41) is 10.3. The fourth-order valence-electron chi connectivity index (χ4n) is 2.95. The number of hydrogen-bond donors (Lipinski definition) is 1. The van der Waals surface area contributed by atoms with Crippen LogP contribution in [0.2, 0.25) is 0 Å². The van der Waals surface area contributed by atoms with E-state index in [-0.39, 0.29) is 11.9 Å². The maximum Gasteiger partial charge on any atom is 0.123 e. The van der Waals surface area contributed by atoms with Crippen LogP contribution in [0.5, 0.6) is 0 Å². The predicted octanol–water partition coefficient (Wildman–Crippen LogP) is 4.01. The summed E-state index contributed by atoms with van der Waals surface area (Å²) in [6.45, 7) is 1.98. The van der Waals surface area contributed by atoms with E-state index in [0.29, 0.717) is 12.3 Å². The predicted molar refractivity (Wildman–Crippen MR) is 72.0 cm³/mol. The number of hydrogen-bond acceptors (Lipinski definition) is 1. The Bertz CT molecular complexity index is 381. The maximum absolute atomic E-state index is 13.2. The van der Waals surface area contributed by atoms with Crippen molar-refractivity contribution in [2.45, 2.75) is 58.0 Å². The van der Waals surface area contributed by atoms with E-state index < -0.39 is 0 Å². The lowest BCUT2D eigenvalue weighted by Gasteiger charge is -2.22. The van der Waals surface area contributed by atoms with Gasteiger partial charge in [-0.1, -0.05) is 31.7 Å². The number of aliphatic hydroxyl groups is 1. The number of aryl methyl sites for hydroxylation is 1. The third-order valence-corrected chi connectivity index (χ3v) is 4.18. The second-order valence-corrected chi connectivity index (χ2v) is 5.59. The van der Waals surface area contributed by atoms with E-state index in [1.165, 1.54) is 31.7 Å². The molecule has 0 radical (unpaired) electrons. The van der Waals surface area contributed by atoms with Gasteiger partial charge in [-0.15, -0.1) is 0 Å². The van der Waals surface area contributed by atoms with Crippen molar-refractivity contribution in [1.29, 1.82) is 0 Å². The molecule has 0 spiro atoms. The van der Waals surface area contributed by atoms with Crippen LogP contribution in [0.1, 0.15) is 49.7 Å². The van der Waals surface area contributed by atoms with E-state index >= 15 is 0 Å². The van der Waals surface area contributed by atoms with Crippen molar-refractivity contribution in [3.63, 3.8) is 0 Å². The molecule has 2 heteroatoms. The first-order chi connectivity index (χ1) is 8.66. The highest BCUT2D eigenvalue weighted by molar-refractivity contribution is 5.27. The van der Waals surface area contributed by atoms with Gasteiger partial charge >= 0.3 is 0 Å². The second-order valence-electron chi connectivity index (χ2n) is 5.59. The second kappa shape index (κ2) is 6.33. The zero-order chi connectivity index (χ0) is 13.0. The Labute approximate surface area is 109 Å². The average Bonchev–Trinajstić information content (AvgIpc) is 2.62. The zero-order valence-corrected chi connectivity index (χ0v) is 11.2. The van der Waals surface area contributed by atoms with Crippen LogP contribution in [0, 0.1) is 18.7 Å². The van der Waals surface area contributed by atoms with Crippen molar-refractivity contribution in [2.75, 3.05) is 0 Å². The molecule has 0 bridgehead atoms. The van der Waals surface area contributed by atoms with Gasteiger partial charge in [0.15, 0.2) is 0 Å². The number of aliphatic hydroxyl groups excluding tert-OH is 1. The highest BCUT2D eigenvalue weighted by Gasteiger charge is 2.21. The monoisotopic (exact) mass is 250 g/mol. The largest absolute Gasteiger partial charge is 0.392 e. The summed E-state index contributed by atoms with van der Waals surface area (Å²) in [6.07, 6.45) is 7.56. The Morgan fingerprint density at radius 3 is 2.56 bits per heavy atom. The first-order valence-corrected chi connectivity index (χ1v) is 7.10. The van der Waals surface area contributed by atoms with Gasteiger partial charge in [-0.3, -0.25) is 0 Å². The third-order valence-electron chi connectivity index (χ3n) is 4.18. The van der Waals surface area contributed by atoms with Crippen LogP contribution in [-0.4, -0.2) is 11.2 Å². The van der Waals surface area contributed by atoms with Gasteiger partial charge in [-0.25, -0.2) is 4.39 Å². The Hall–Kier alpha value is -0.890. The van der Waals surface area contributed by atoms with Gasteiger partial charge in [0, 0.05) is 0 Å². The molecule has 2 rings (SSSR count). The van der Waals surface area contributed by atoms with Crippen molar-refractivity contribution >= 4 is 0 Å². The van der Waals surface area contributed by atoms with Gasteiger partial charge in [0.05, 0.1) is 6.10 Å². The number of halogens is 1. The van der Waals surface area contributed by atoms with E-state index in [1.807, 2.05) is 6.92 Å². The molecule has 1 fully saturated rings. The summed E-state index contributed by atoms with van der Waals surface area (Å²) in [6, 6.07) is 4.84. The van der Waals surface area contributed by atoms with Crippen LogP contribution in [0.25, 0.3) is 0 Å². The fourth-order valence-corrected chi connectivity index (χ4v) is 2.95. The normalized spacial score (nSPS) is 19.5. The maximum atomic E-state index is 13.2. The minimum atomic E-state index is -0.316. The molecule has 1 atom stereocenters. The summed E-state index contributed by atoms with van der Waals surface area (Å²) >= 11 is 0. The minimum Gasteiger partial charge on any atom is -0.392 e. The summed E-state index contributed by atoms with van der Waals surface area (Å²) in [5.41, 5.74) is 2.02. The standard InChI is InChI=1S/C16H23FO/c1-12-8-9-15(17)10-14(12)11-16(18)13-6-4-2-3-5-7-13/h8-10,13,16,18H,2-7,11H2,1H3. The number of rotatable bonds is 3. The molecule has 0 amide bonds. The Morgan fingerprint density at radius 1 is 1.22 bits per heavy atom. The Balaban J connectivity index is 2.00. The van der Waals surface area contributed by atoms with Crippen LogP contribution in [0.4, 0.5) is 4.39 Å². The molecular formula is C16H23FO. The van der Waals surface area contributed by atoms with E-state index in [1.54, 1.807) is 12.1 Å². The topological polar surface area (TPSA) is 20.2 Å². The molecular weight excluding hydrogens is 227 g/mol. The molecule has 1 unspecified atom stereocenters. The van der Waals surface area contributed by atoms with E-state index in [0.717, 1.165) is 24.0 Å². The van der Waals surface area contributed by atoms with Crippen LogP contribution in [-0.2, 0) is 6.42 Å². The molecule has 100 valence electrons. The molecule has 0 aliphatic heterocycles. The molecule has 1 aliphatic carbocycles. The smallest absolute Gasteiger partial charge is 0.123 e. The summed E-state index contributed by atoms with van der Waals surface area (Å²) < 4.78 is 13.2. The lowest BCUT2D eigenvalue weighted by atomic mass is 9.89. The average molecular weight is 250 g/mol. The van der Waals surface area contributed by atoms with Crippen LogP contribution in [0.3, 0.4) is 0 Å². The molecule has 1 saturated carbocycles. The molecule has 1 aliphatic rings. The summed E-state index contributed by atoms with van der Waals surface area (Å²) in [5.74, 6) is 0.193. The lowest BCUT2D eigenvalue weighted by Crippen LogP contribution is -2.23. The summed E-state index contributed by atoms with van der Waals surface area (Å²) in [4.78, 5) is 0. The molecule has 18 heavy (non-hydrogen) atoms. The first-order valence-electron chi connectivity index (χ1n) is 7.10. The Kier molecular flexibility index (Phi) is 4.76. The van der Waals surface area contributed by atoms with Gasteiger partial charge in [0.25, 0.3) is 0 Å². The van der Waals surface area contributed by atoms with E-state index in [4.69, 9.17) is 0 Å². The molecule has 0 saturated heterocycles. The van der Waals surface area contributed by atoms with Crippen molar-refractivity contribution in [3.05, 3.63) is 35.1 Å². The van der Waals surface area contributed by atoms with Crippen LogP contribution < -0.4 is 0 Å². The lowest BCUT2D eigenvalue weighted by molar-refractivity contribution is 0.0984. The van der Waals surface area contributed by atoms with Gasteiger partial charge in [-0.05, 0) is 55.4 Å². The van der Waals surface area contributed by atoms with E-state index in [2.05, 4.69) is 0 Å². The zero-order valence-electron chi connectivity index (χ0n) is 11.2. The van der Waals surface area contributed by atoms with Crippen LogP contribution in [0.15, 0.2) is 18.2 Å². The quantitative estimate of drug-likeness (QED) is 0.804. The molecule has 1 aromatic rings. The first kappa shape index (κ1) is 13.5. The minimum absolute atomic E-state index is 0.205. The highest BCUT2D eigenvalue weighted by atomic mass is 19.1. The third kappa shape index (κ3) is 3.55. The molecule has 0 aromatic heterocycles.